The third kappa shape index (κ3) is 4.67. The summed E-state index contributed by atoms with van der Waals surface area (Å²) in [7, 11) is 0. The molecule has 0 saturated carbocycles. The molecule has 4 heteroatoms. The van der Waals surface area contributed by atoms with Crippen LogP contribution in [0.3, 0.4) is 0 Å². The molecule has 1 fully saturated rings. The monoisotopic (exact) mass is 341 g/mol. The largest absolute Gasteiger partial charge is 0.395 e. The van der Waals surface area contributed by atoms with Crippen LogP contribution in [0, 0.1) is 0 Å². The van der Waals surface area contributed by atoms with Gasteiger partial charge < -0.3 is 14.9 Å². The fraction of sp³-hybridized carbons (Fsp3) is 0.429. The zero-order chi connectivity index (χ0) is 17.5. The number of aliphatic hydroxyl groups is 2. The van der Waals surface area contributed by atoms with Gasteiger partial charge in [-0.15, -0.1) is 0 Å². The third-order valence-electron chi connectivity index (χ3n) is 5.01. The van der Waals surface area contributed by atoms with E-state index in [-0.39, 0.29) is 31.3 Å². The quantitative estimate of drug-likeness (QED) is 0.811. The lowest BCUT2D eigenvalue weighted by atomic mass is 9.86. The van der Waals surface area contributed by atoms with Crippen LogP contribution in [-0.2, 0) is 4.74 Å². The van der Waals surface area contributed by atoms with Crippen LogP contribution in [0.1, 0.15) is 23.5 Å². The van der Waals surface area contributed by atoms with Gasteiger partial charge in [0.25, 0.3) is 0 Å². The molecule has 1 aliphatic heterocycles. The molecule has 0 aromatic heterocycles. The first-order valence-electron chi connectivity index (χ1n) is 8.99. The Morgan fingerprint density at radius 1 is 0.920 bits per heavy atom. The van der Waals surface area contributed by atoms with Crippen molar-refractivity contribution < 1.29 is 14.9 Å². The highest BCUT2D eigenvalue weighted by molar-refractivity contribution is 5.32. The lowest BCUT2D eigenvalue weighted by Gasteiger charge is -2.38. The number of nitrogens with zero attached hydrogens (tertiary/aromatic N) is 1. The average molecular weight is 341 g/mol. The van der Waals surface area contributed by atoms with Gasteiger partial charge >= 0.3 is 0 Å². The maximum absolute atomic E-state index is 9.46. The predicted octanol–water partition coefficient (Wildman–Crippen LogP) is 2.26. The Kier molecular flexibility index (Phi) is 6.59. The van der Waals surface area contributed by atoms with Crippen LogP contribution >= 0.6 is 0 Å². The van der Waals surface area contributed by atoms with Crippen LogP contribution in [-0.4, -0.2) is 60.2 Å². The molecule has 4 nitrogen and oxygen atoms in total. The summed E-state index contributed by atoms with van der Waals surface area (Å²) < 4.78 is 6.02. The first-order valence-corrected chi connectivity index (χ1v) is 8.99. The molecule has 0 amide bonds. The zero-order valence-electron chi connectivity index (χ0n) is 14.5. The van der Waals surface area contributed by atoms with Crippen LogP contribution in [0.2, 0.25) is 0 Å². The second kappa shape index (κ2) is 9.11. The van der Waals surface area contributed by atoms with E-state index in [4.69, 9.17) is 4.74 Å². The maximum atomic E-state index is 9.46. The predicted molar refractivity (Wildman–Crippen MR) is 98.6 cm³/mol. The normalized spacial score (nSPS) is 18.8. The molecule has 0 aliphatic carbocycles. The van der Waals surface area contributed by atoms with Gasteiger partial charge in [-0.1, -0.05) is 60.7 Å². The van der Waals surface area contributed by atoms with Crippen molar-refractivity contribution in [3.05, 3.63) is 71.8 Å². The molecule has 2 N–H and O–H groups in total. The van der Waals surface area contributed by atoms with Crippen LogP contribution < -0.4 is 0 Å². The van der Waals surface area contributed by atoms with Crippen molar-refractivity contribution in [3.63, 3.8) is 0 Å². The number of hydrogen-bond donors (Lipinski definition) is 2. The van der Waals surface area contributed by atoms with Crippen molar-refractivity contribution in [3.8, 4) is 0 Å². The molecule has 0 unspecified atom stereocenters. The minimum absolute atomic E-state index is 0.0238. The minimum Gasteiger partial charge on any atom is -0.395 e. The van der Waals surface area contributed by atoms with Gasteiger partial charge in [0, 0.05) is 19.0 Å². The van der Waals surface area contributed by atoms with E-state index in [0.717, 1.165) is 19.5 Å². The van der Waals surface area contributed by atoms with Crippen molar-refractivity contribution >= 4 is 0 Å². The molecule has 0 radical (unpaired) electrons. The number of rotatable bonds is 7. The first kappa shape index (κ1) is 18.1. The van der Waals surface area contributed by atoms with Gasteiger partial charge in [0.15, 0.2) is 0 Å². The van der Waals surface area contributed by atoms with Crippen molar-refractivity contribution in [2.24, 2.45) is 0 Å². The van der Waals surface area contributed by atoms with E-state index >= 15 is 0 Å². The molecule has 0 bridgehead atoms. The summed E-state index contributed by atoms with van der Waals surface area (Å²) in [5.74, 6) is 0.272. The molecule has 2 aromatic rings. The second-order valence-electron chi connectivity index (χ2n) is 6.62. The highest BCUT2D eigenvalue weighted by Gasteiger charge is 2.28. The van der Waals surface area contributed by atoms with Crippen molar-refractivity contribution in [1.82, 2.24) is 4.90 Å². The standard InChI is InChI=1S/C21H27NO3/c23-15-19(16-24)22-11-12-25-20(14-22)13-21(17-7-3-1-4-8-17)18-9-5-2-6-10-18/h1-10,19-21,23-24H,11-16H2/t20-/m1/s1. The van der Waals surface area contributed by atoms with Gasteiger partial charge in [-0.25, -0.2) is 0 Å². The van der Waals surface area contributed by atoms with Crippen LogP contribution in [0.25, 0.3) is 0 Å². The lowest BCUT2D eigenvalue weighted by molar-refractivity contribution is -0.0628. The summed E-state index contributed by atoms with van der Waals surface area (Å²) in [5.41, 5.74) is 2.57. The Hall–Kier alpha value is -1.72. The number of benzene rings is 2. The second-order valence-corrected chi connectivity index (χ2v) is 6.62. The first-order chi connectivity index (χ1) is 12.3. The minimum atomic E-state index is -0.196. The van der Waals surface area contributed by atoms with E-state index in [1.165, 1.54) is 11.1 Å². The molecule has 3 rings (SSSR count). The average Bonchev–Trinajstić information content (AvgIpc) is 2.69. The van der Waals surface area contributed by atoms with E-state index in [2.05, 4.69) is 53.4 Å². The maximum Gasteiger partial charge on any atom is 0.0711 e. The molecule has 1 heterocycles. The molecule has 1 aliphatic rings. The molecular weight excluding hydrogens is 314 g/mol. The molecule has 1 saturated heterocycles. The third-order valence-corrected chi connectivity index (χ3v) is 5.01. The number of ether oxygens (including phenoxy) is 1. The summed E-state index contributed by atoms with van der Waals surface area (Å²) in [6.45, 7) is 2.08. The zero-order valence-corrected chi connectivity index (χ0v) is 14.5. The van der Waals surface area contributed by atoms with E-state index in [1.54, 1.807) is 0 Å². The van der Waals surface area contributed by atoms with Gasteiger partial charge in [0.2, 0.25) is 0 Å². The highest BCUT2D eigenvalue weighted by atomic mass is 16.5. The number of morpholine rings is 1. The van der Waals surface area contributed by atoms with Crippen molar-refractivity contribution in [2.45, 2.75) is 24.5 Å². The van der Waals surface area contributed by atoms with E-state index < -0.39 is 0 Å². The topological polar surface area (TPSA) is 52.9 Å². The fourth-order valence-corrected chi connectivity index (χ4v) is 3.60. The SMILES string of the molecule is OCC(CO)N1CCO[C@H](CC(c2ccccc2)c2ccccc2)C1. The van der Waals surface area contributed by atoms with E-state index in [9.17, 15) is 10.2 Å². The van der Waals surface area contributed by atoms with Gasteiger partial charge in [-0.3, -0.25) is 4.90 Å². The summed E-state index contributed by atoms with van der Waals surface area (Å²) >= 11 is 0. The van der Waals surface area contributed by atoms with Crippen molar-refractivity contribution in [1.29, 1.82) is 0 Å². The number of hydrogen-bond acceptors (Lipinski definition) is 4. The Bertz CT molecular complexity index is 576. The molecular formula is C21H27NO3. The molecule has 25 heavy (non-hydrogen) atoms. The molecule has 0 spiro atoms. The van der Waals surface area contributed by atoms with Crippen LogP contribution in [0.15, 0.2) is 60.7 Å². The van der Waals surface area contributed by atoms with Crippen LogP contribution in [0.4, 0.5) is 0 Å². The Labute approximate surface area is 149 Å². The Morgan fingerprint density at radius 2 is 1.48 bits per heavy atom. The summed E-state index contributed by atoms with van der Waals surface area (Å²) in [6.07, 6.45) is 0.966. The van der Waals surface area contributed by atoms with Gasteiger partial charge in [-0.2, -0.15) is 0 Å². The number of aliphatic hydroxyl groups excluding tert-OH is 2. The Morgan fingerprint density at radius 3 is 2.00 bits per heavy atom. The molecule has 1 atom stereocenters. The molecule has 134 valence electrons. The molecule has 2 aromatic carbocycles. The highest BCUT2D eigenvalue weighted by Crippen LogP contribution is 2.31. The summed E-state index contributed by atoms with van der Waals surface area (Å²) in [4.78, 5) is 2.14. The summed E-state index contributed by atoms with van der Waals surface area (Å²) in [5, 5.41) is 18.9. The van der Waals surface area contributed by atoms with E-state index in [1.807, 2.05) is 12.1 Å². The van der Waals surface area contributed by atoms with E-state index in [0.29, 0.717) is 6.61 Å². The van der Waals surface area contributed by atoms with Gasteiger partial charge in [0.05, 0.1) is 32.0 Å². The smallest absolute Gasteiger partial charge is 0.0711 e. The summed E-state index contributed by atoms with van der Waals surface area (Å²) in [6, 6.07) is 20.9. The van der Waals surface area contributed by atoms with Gasteiger partial charge in [-0.05, 0) is 17.5 Å². The van der Waals surface area contributed by atoms with Crippen LogP contribution in [0.5, 0.6) is 0 Å². The lowest BCUT2D eigenvalue weighted by Crippen LogP contribution is -2.50. The van der Waals surface area contributed by atoms with Gasteiger partial charge in [0.1, 0.15) is 0 Å². The van der Waals surface area contributed by atoms with Crippen molar-refractivity contribution in [2.75, 3.05) is 32.9 Å². The Balaban J connectivity index is 1.76. The fourth-order valence-electron chi connectivity index (χ4n) is 3.60.